The van der Waals surface area contributed by atoms with Crippen LogP contribution in [0.25, 0.3) is 66.1 Å². The largest absolute Gasteiger partial charge is 0.456 e. The van der Waals surface area contributed by atoms with Gasteiger partial charge in [0, 0.05) is 51.2 Å². The van der Waals surface area contributed by atoms with Crippen LogP contribution in [0.3, 0.4) is 0 Å². The topological polar surface area (TPSA) is 29.3 Å². The predicted molar refractivity (Wildman–Crippen MR) is 212 cm³/mol. The van der Waals surface area contributed by atoms with Crippen LogP contribution >= 0.6 is 0 Å². The Hall–Kier alpha value is -6.45. The van der Waals surface area contributed by atoms with Gasteiger partial charge in [-0.15, -0.1) is 0 Å². The minimum atomic E-state index is -0.0340. The Labute approximate surface area is 297 Å². The second kappa shape index (κ2) is 11.3. The number of nitrogens with zero attached hydrogens (tertiary/aromatic N) is 2. The zero-order valence-electron chi connectivity index (χ0n) is 28.5. The first-order valence-electron chi connectivity index (χ1n) is 17.5. The van der Waals surface area contributed by atoms with E-state index in [9.17, 15) is 0 Å². The molecule has 0 fully saturated rings. The van der Waals surface area contributed by atoms with Gasteiger partial charge in [-0.2, -0.15) is 0 Å². The Morgan fingerprint density at radius 1 is 0.471 bits per heavy atom. The molecule has 2 aromatic heterocycles. The van der Waals surface area contributed by atoms with Gasteiger partial charge in [-0.05, 0) is 104 Å². The van der Waals surface area contributed by atoms with Crippen molar-refractivity contribution >= 4 is 49.8 Å². The van der Waals surface area contributed by atoms with E-state index in [1.165, 1.54) is 33.0 Å². The fraction of sp³-hybridized carbons (Fsp3) is 0.0625. The molecule has 7 aromatic carbocycles. The molecule has 9 aromatic rings. The van der Waals surface area contributed by atoms with E-state index in [2.05, 4.69) is 175 Å². The number of fused-ring (bicyclic) bond motifs is 8. The fourth-order valence-electron chi connectivity index (χ4n) is 8.34. The summed E-state index contributed by atoms with van der Waals surface area (Å²) in [5.41, 5.74) is 15.0. The van der Waals surface area contributed by atoms with Crippen molar-refractivity contribution in [3.63, 3.8) is 0 Å². The highest BCUT2D eigenvalue weighted by atomic mass is 16.3. The third-order valence-electron chi connectivity index (χ3n) is 10.8. The van der Waals surface area contributed by atoms with Crippen molar-refractivity contribution in [3.8, 4) is 33.4 Å². The minimum absolute atomic E-state index is 0.0340. The van der Waals surface area contributed by atoms with Crippen LogP contribution in [-0.4, -0.2) is 4.98 Å². The number of aromatic nitrogens is 1. The lowest BCUT2D eigenvalue weighted by molar-refractivity contribution is 0.660. The van der Waals surface area contributed by atoms with Crippen molar-refractivity contribution in [1.29, 1.82) is 0 Å². The maximum Gasteiger partial charge on any atom is 0.136 e. The van der Waals surface area contributed by atoms with E-state index in [4.69, 9.17) is 4.42 Å². The second-order valence-corrected chi connectivity index (χ2v) is 14.0. The lowest BCUT2D eigenvalue weighted by Crippen LogP contribution is -2.15. The van der Waals surface area contributed by atoms with Gasteiger partial charge in [-0.25, -0.2) is 0 Å². The summed E-state index contributed by atoms with van der Waals surface area (Å²) in [5.74, 6) is 0. The van der Waals surface area contributed by atoms with Crippen molar-refractivity contribution < 1.29 is 4.42 Å². The van der Waals surface area contributed by atoms with E-state index in [0.717, 1.165) is 61.3 Å². The van der Waals surface area contributed by atoms with E-state index in [1.54, 1.807) is 0 Å². The Morgan fingerprint density at radius 3 is 2.00 bits per heavy atom. The average molecular weight is 655 g/mol. The minimum Gasteiger partial charge on any atom is -0.456 e. The Bertz CT molecular complexity index is 2760. The molecule has 1 aliphatic carbocycles. The summed E-state index contributed by atoms with van der Waals surface area (Å²) in [5, 5.41) is 4.63. The standard InChI is InChI=1S/C48H34N2O/c1-48(2)42-19-9-8-16-38(42)41-28-35(25-26-43(41)48)50(33-13-4-3-5-14-33)34-23-21-31(22-24-34)40-29-45-47(39-17-7-6-15-37(39)40)46-36(18-10-20-44(46)51-45)32-12-11-27-49-30-32/h3-30H,1-2H3. The zero-order chi connectivity index (χ0) is 34.1. The number of hydrogen-bond acceptors (Lipinski definition) is 3. The van der Waals surface area contributed by atoms with E-state index >= 15 is 0 Å². The van der Waals surface area contributed by atoms with Gasteiger partial charge in [0.25, 0.3) is 0 Å². The van der Waals surface area contributed by atoms with Gasteiger partial charge in [-0.1, -0.05) is 117 Å². The highest BCUT2D eigenvalue weighted by Crippen LogP contribution is 2.51. The van der Waals surface area contributed by atoms with Gasteiger partial charge in [0.05, 0.1) is 0 Å². The number of pyridine rings is 1. The number of furan rings is 1. The van der Waals surface area contributed by atoms with Gasteiger partial charge < -0.3 is 9.32 Å². The fourth-order valence-corrected chi connectivity index (χ4v) is 8.34. The van der Waals surface area contributed by atoms with Crippen LogP contribution in [0.1, 0.15) is 25.0 Å². The monoisotopic (exact) mass is 654 g/mol. The van der Waals surface area contributed by atoms with E-state index in [0.29, 0.717) is 0 Å². The van der Waals surface area contributed by atoms with Crippen LogP contribution in [0.2, 0.25) is 0 Å². The molecule has 0 aliphatic heterocycles. The molecule has 0 saturated heterocycles. The molecular formula is C48H34N2O. The number of anilines is 3. The van der Waals surface area contributed by atoms with E-state index in [1.807, 2.05) is 18.5 Å². The van der Waals surface area contributed by atoms with Gasteiger partial charge in [0.2, 0.25) is 0 Å². The van der Waals surface area contributed by atoms with Gasteiger partial charge in [0.15, 0.2) is 0 Å². The highest BCUT2D eigenvalue weighted by Gasteiger charge is 2.35. The van der Waals surface area contributed by atoms with Crippen LogP contribution in [0.15, 0.2) is 175 Å². The molecule has 0 spiro atoms. The number of para-hydroxylation sites is 1. The Kier molecular flexibility index (Phi) is 6.53. The summed E-state index contributed by atoms with van der Waals surface area (Å²) in [6, 6.07) is 56.7. The van der Waals surface area contributed by atoms with Crippen LogP contribution in [0.4, 0.5) is 17.1 Å². The average Bonchev–Trinajstić information content (AvgIpc) is 3.68. The molecule has 0 radical (unpaired) electrons. The molecule has 0 atom stereocenters. The molecule has 242 valence electrons. The third kappa shape index (κ3) is 4.55. The molecule has 0 saturated carbocycles. The number of rotatable bonds is 5. The van der Waals surface area contributed by atoms with Crippen LogP contribution in [-0.2, 0) is 5.41 Å². The molecule has 0 bridgehead atoms. The molecule has 0 N–H and O–H groups in total. The van der Waals surface area contributed by atoms with E-state index < -0.39 is 0 Å². The normalized spacial score (nSPS) is 13.1. The maximum absolute atomic E-state index is 6.61. The van der Waals surface area contributed by atoms with Crippen molar-refractivity contribution in [2.45, 2.75) is 19.3 Å². The first-order chi connectivity index (χ1) is 25.1. The first-order valence-corrected chi connectivity index (χ1v) is 17.5. The molecular weight excluding hydrogens is 621 g/mol. The summed E-state index contributed by atoms with van der Waals surface area (Å²) in [6.07, 6.45) is 3.74. The SMILES string of the molecule is CC1(C)c2ccccc2-c2cc(N(c3ccccc3)c3ccc(-c4cc5oc6cccc(-c7cccnc7)c6c5c5ccccc45)cc3)ccc21. The van der Waals surface area contributed by atoms with Crippen molar-refractivity contribution in [3.05, 3.63) is 181 Å². The van der Waals surface area contributed by atoms with Crippen molar-refractivity contribution in [2.75, 3.05) is 4.90 Å². The molecule has 0 unspecified atom stereocenters. The molecule has 10 rings (SSSR count). The third-order valence-corrected chi connectivity index (χ3v) is 10.8. The van der Waals surface area contributed by atoms with Crippen LogP contribution in [0, 0.1) is 0 Å². The van der Waals surface area contributed by atoms with Crippen LogP contribution in [0.5, 0.6) is 0 Å². The highest BCUT2D eigenvalue weighted by molar-refractivity contribution is 6.25. The second-order valence-electron chi connectivity index (χ2n) is 14.0. The maximum atomic E-state index is 6.61. The van der Waals surface area contributed by atoms with E-state index in [-0.39, 0.29) is 5.41 Å². The molecule has 3 nitrogen and oxygen atoms in total. The molecule has 2 heterocycles. The quantitative estimate of drug-likeness (QED) is 0.185. The van der Waals surface area contributed by atoms with Gasteiger partial charge in [0.1, 0.15) is 11.2 Å². The lowest BCUT2D eigenvalue weighted by atomic mass is 9.82. The number of hydrogen-bond donors (Lipinski definition) is 0. The van der Waals surface area contributed by atoms with Crippen LogP contribution < -0.4 is 4.90 Å². The summed E-state index contributed by atoms with van der Waals surface area (Å²) >= 11 is 0. The summed E-state index contributed by atoms with van der Waals surface area (Å²) in [4.78, 5) is 6.76. The Balaban J connectivity index is 1.11. The predicted octanol–water partition coefficient (Wildman–Crippen LogP) is 13.2. The van der Waals surface area contributed by atoms with Crippen molar-refractivity contribution in [2.24, 2.45) is 0 Å². The zero-order valence-corrected chi connectivity index (χ0v) is 28.5. The molecule has 3 heteroatoms. The molecule has 51 heavy (non-hydrogen) atoms. The molecule has 0 amide bonds. The molecule has 1 aliphatic rings. The van der Waals surface area contributed by atoms with Gasteiger partial charge >= 0.3 is 0 Å². The van der Waals surface area contributed by atoms with Crippen molar-refractivity contribution in [1.82, 2.24) is 4.98 Å². The van der Waals surface area contributed by atoms with Gasteiger partial charge in [-0.3, -0.25) is 4.98 Å². The smallest absolute Gasteiger partial charge is 0.136 e. The summed E-state index contributed by atoms with van der Waals surface area (Å²) in [6.45, 7) is 4.66. The first kappa shape index (κ1) is 29.5. The lowest BCUT2D eigenvalue weighted by Gasteiger charge is -2.27. The number of benzene rings is 7. The summed E-state index contributed by atoms with van der Waals surface area (Å²) < 4.78 is 6.61. The Morgan fingerprint density at radius 2 is 1.18 bits per heavy atom. The summed E-state index contributed by atoms with van der Waals surface area (Å²) in [7, 11) is 0.